The van der Waals surface area contributed by atoms with E-state index in [1.54, 1.807) is 0 Å². The second-order valence-corrected chi connectivity index (χ2v) is 5.07. The van der Waals surface area contributed by atoms with Crippen LogP contribution in [0.2, 0.25) is 0 Å². The average Bonchev–Trinajstić information content (AvgIpc) is 2.17. The second kappa shape index (κ2) is 9.65. The summed E-state index contributed by atoms with van der Waals surface area (Å²) in [5.74, 6) is 0.645. The summed E-state index contributed by atoms with van der Waals surface area (Å²) in [7, 11) is 0. The number of hydrogen-bond donors (Lipinski definition) is 1. The van der Waals surface area contributed by atoms with Crippen LogP contribution < -0.4 is 0 Å². The van der Waals surface area contributed by atoms with Crippen LogP contribution in [0.15, 0.2) is 23.3 Å². The van der Waals surface area contributed by atoms with E-state index in [-0.39, 0.29) is 0 Å². The molecule has 0 radical (unpaired) electrons. The predicted octanol–water partition coefficient (Wildman–Crippen LogP) is 4.48. The largest absolute Gasteiger partial charge is 0.396 e. The van der Waals surface area contributed by atoms with Crippen LogP contribution >= 0.6 is 0 Å². The Morgan fingerprint density at radius 2 is 1.75 bits per heavy atom. The molecule has 0 saturated heterocycles. The zero-order valence-electron chi connectivity index (χ0n) is 11.4. The van der Waals surface area contributed by atoms with Gasteiger partial charge in [0.25, 0.3) is 0 Å². The summed E-state index contributed by atoms with van der Waals surface area (Å²) in [6, 6.07) is 0. The number of allylic oxidation sites excluding steroid dienone is 4. The maximum atomic E-state index is 8.79. The minimum Gasteiger partial charge on any atom is -0.396 e. The van der Waals surface area contributed by atoms with Crippen LogP contribution in [0.3, 0.4) is 0 Å². The molecule has 0 amide bonds. The minimum absolute atomic E-state index is 0.324. The van der Waals surface area contributed by atoms with Gasteiger partial charge in [-0.2, -0.15) is 0 Å². The summed E-state index contributed by atoms with van der Waals surface area (Å²) in [6.45, 7) is 9.05. The van der Waals surface area contributed by atoms with Crippen LogP contribution in [0.1, 0.15) is 59.8 Å². The van der Waals surface area contributed by atoms with Gasteiger partial charge in [0, 0.05) is 6.61 Å². The van der Waals surface area contributed by atoms with Gasteiger partial charge in [-0.15, -0.1) is 0 Å². The van der Waals surface area contributed by atoms with Gasteiger partial charge in [-0.05, 0) is 58.8 Å². The number of aliphatic hydroxyl groups excluding tert-OH is 1. The second-order valence-electron chi connectivity index (χ2n) is 5.07. The normalized spacial score (nSPS) is 13.7. The van der Waals surface area contributed by atoms with Crippen LogP contribution in [0, 0.1) is 5.92 Å². The first-order valence-corrected chi connectivity index (χ1v) is 6.46. The standard InChI is InChI=1S/C15H28O/c1-13(2)7-5-8-14(3)9-6-10-15(4)11-12-16/h7,9,15-16H,5-6,8,10-12H2,1-4H3/b14-9+. The summed E-state index contributed by atoms with van der Waals surface area (Å²) < 4.78 is 0. The van der Waals surface area contributed by atoms with Crippen molar-refractivity contribution >= 4 is 0 Å². The van der Waals surface area contributed by atoms with Crippen LogP contribution in [-0.4, -0.2) is 11.7 Å². The molecule has 0 saturated carbocycles. The van der Waals surface area contributed by atoms with Crippen molar-refractivity contribution in [3.05, 3.63) is 23.3 Å². The van der Waals surface area contributed by atoms with Crippen LogP contribution in [-0.2, 0) is 0 Å². The summed E-state index contributed by atoms with van der Waals surface area (Å²) in [4.78, 5) is 0. The predicted molar refractivity (Wildman–Crippen MR) is 72.5 cm³/mol. The molecule has 1 unspecified atom stereocenters. The molecule has 0 aromatic rings. The molecule has 0 heterocycles. The van der Waals surface area contributed by atoms with E-state index >= 15 is 0 Å². The van der Waals surface area contributed by atoms with E-state index in [0.717, 1.165) is 19.3 Å². The lowest BCUT2D eigenvalue weighted by Crippen LogP contribution is -1.97. The Bertz CT molecular complexity index is 222. The third-order valence-corrected chi connectivity index (χ3v) is 2.87. The highest BCUT2D eigenvalue weighted by atomic mass is 16.3. The van der Waals surface area contributed by atoms with Crippen LogP contribution in [0.5, 0.6) is 0 Å². The average molecular weight is 224 g/mol. The third kappa shape index (κ3) is 9.97. The van der Waals surface area contributed by atoms with E-state index in [1.807, 2.05) is 0 Å². The topological polar surface area (TPSA) is 20.2 Å². The molecule has 0 bridgehead atoms. The van der Waals surface area contributed by atoms with Gasteiger partial charge < -0.3 is 5.11 Å². The monoisotopic (exact) mass is 224 g/mol. The summed E-state index contributed by atoms with van der Waals surface area (Å²) in [6.07, 6.45) is 10.3. The molecule has 1 heteroatoms. The van der Waals surface area contributed by atoms with E-state index in [2.05, 4.69) is 39.8 Å². The molecule has 0 fully saturated rings. The van der Waals surface area contributed by atoms with Crippen molar-refractivity contribution in [1.82, 2.24) is 0 Å². The fraction of sp³-hybridized carbons (Fsp3) is 0.733. The highest BCUT2D eigenvalue weighted by molar-refractivity contribution is 5.02. The Hall–Kier alpha value is -0.560. The maximum absolute atomic E-state index is 8.79. The molecule has 16 heavy (non-hydrogen) atoms. The van der Waals surface area contributed by atoms with Crippen molar-refractivity contribution in [2.24, 2.45) is 5.92 Å². The molecule has 0 aromatic heterocycles. The van der Waals surface area contributed by atoms with Crippen LogP contribution in [0.4, 0.5) is 0 Å². The van der Waals surface area contributed by atoms with Crippen molar-refractivity contribution in [2.45, 2.75) is 59.8 Å². The molecule has 0 spiro atoms. The molecule has 1 N–H and O–H groups in total. The molecular weight excluding hydrogens is 196 g/mol. The van der Waals surface area contributed by atoms with Crippen molar-refractivity contribution in [2.75, 3.05) is 6.61 Å². The molecule has 94 valence electrons. The van der Waals surface area contributed by atoms with Gasteiger partial charge in [0.1, 0.15) is 0 Å². The Kier molecular flexibility index (Phi) is 9.31. The first-order chi connectivity index (χ1) is 7.56. The summed E-state index contributed by atoms with van der Waals surface area (Å²) in [5, 5.41) is 8.79. The number of aliphatic hydroxyl groups is 1. The van der Waals surface area contributed by atoms with Crippen molar-refractivity contribution in [3.63, 3.8) is 0 Å². The van der Waals surface area contributed by atoms with Gasteiger partial charge in [-0.1, -0.05) is 30.2 Å². The fourth-order valence-electron chi connectivity index (χ4n) is 1.67. The Balaban J connectivity index is 3.66. The molecule has 0 rings (SSSR count). The van der Waals surface area contributed by atoms with E-state index in [4.69, 9.17) is 5.11 Å². The fourth-order valence-corrected chi connectivity index (χ4v) is 1.67. The molecule has 1 atom stereocenters. The van der Waals surface area contributed by atoms with E-state index in [0.29, 0.717) is 12.5 Å². The molecular formula is C15H28O. The third-order valence-electron chi connectivity index (χ3n) is 2.87. The minimum atomic E-state index is 0.324. The van der Waals surface area contributed by atoms with Gasteiger partial charge >= 0.3 is 0 Å². The Morgan fingerprint density at radius 1 is 1.06 bits per heavy atom. The highest BCUT2D eigenvalue weighted by Crippen LogP contribution is 2.13. The lowest BCUT2D eigenvalue weighted by molar-refractivity contribution is 0.259. The zero-order chi connectivity index (χ0) is 12.4. The van der Waals surface area contributed by atoms with E-state index in [1.165, 1.54) is 24.0 Å². The zero-order valence-corrected chi connectivity index (χ0v) is 11.4. The number of rotatable bonds is 8. The lowest BCUT2D eigenvalue weighted by Gasteiger charge is -2.07. The molecule has 0 aromatic carbocycles. The van der Waals surface area contributed by atoms with E-state index in [9.17, 15) is 0 Å². The molecule has 0 aliphatic heterocycles. The van der Waals surface area contributed by atoms with Crippen molar-refractivity contribution < 1.29 is 5.11 Å². The van der Waals surface area contributed by atoms with Crippen molar-refractivity contribution in [1.29, 1.82) is 0 Å². The molecule has 0 aliphatic carbocycles. The molecule has 1 nitrogen and oxygen atoms in total. The van der Waals surface area contributed by atoms with Crippen molar-refractivity contribution in [3.8, 4) is 0 Å². The summed E-state index contributed by atoms with van der Waals surface area (Å²) in [5.41, 5.74) is 2.90. The highest BCUT2D eigenvalue weighted by Gasteiger charge is 1.99. The smallest absolute Gasteiger partial charge is 0.0433 e. The number of hydrogen-bond acceptors (Lipinski definition) is 1. The van der Waals surface area contributed by atoms with Gasteiger partial charge in [0.2, 0.25) is 0 Å². The first-order valence-electron chi connectivity index (χ1n) is 6.46. The summed E-state index contributed by atoms with van der Waals surface area (Å²) >= 11 is 0. The first kappa shape index (κ1) is 15.4. The van der Waals surface area contributed by atoms with Gasteiger partial charge in [0.05, 0.1) is 0 Å². The molecule has 0 aliphatic rings. The van der Waals surface area contributed by atoms with Gasteiger partial charge in [-0.25, -0.2) is 0 Å². The van der Waals surface area contributed by atoms with E-state index < -0.39 is 0 Å². The SMILES string of the molecule is CC(C)=CCC/C(C)=C/CCC(C)CCO. The lowest BCUT2D eigenvalue weighted by atomic mass is 10.0. The maximum Gasteiger partial charge on any atom is 0.0433 e. The van der Waals surface area contributed by atoms with Gasteiger partial charge in [-0.3, -0.25) is 0 Å². The Morgan fingerprint density at radius 3 is 2.31 bits per heavy atom. The quantitative estimate of drug-likeness (QED) is 0.603. The van der Waals surface area contributed by atoms with Gasteiger partial charge in [0.15, 0.2) is 0 Å². The van der Waals surface area contributed by atoms with Crippen LogP contribution in [0.25, 0.3) is 0 Å². The Labute approximate surface area is 101 Å².